The Morgan fingerprint density at radius 1 is 1.47 bits per heavy atom. The largest absolute Gasteiger partial charge is 0.506 e. The van der Waals surface area contributed by atoms with Crippen LogP contribution < -0.4 is 4.90 Å². The van der Waals surface area contributed by atoms with Crippen molar-refractivity contribution in [3.05, 3.63) is 30.0 Å². The summed E-state index contributed by atoms with van der Waals surface area (Å²) in [4.78, 5) is 17.5. The number of aromatic nitrogens is 1. The molecule has 0 fully saturated rings. The van der Waals surface area contributed by atoms with E-state index in [0.29, 0.717) is 23.2 Å². The first kappa shape index (κ1) is 13.1. The summed E-state index contributed by atoms with van der Waals surface area (Å²) in [5, 5.41) is 10.6. The first-order valence-corrected chi connectivity index (χ1v) is 6.04. The molecule has 1 aromatic carbocycles. The van der Waals surface area contributed by atoms with Gasteiger partial charge in [-0.05, 0) is 26.0 Å². The Bertz CT molecular complexity index is 625. The lowest BCUT2D eigenvalue weighted by atomic mass is 10.1. The van der Waals surface area contributed by atoms with Crippen LogP contribution in [0.25, 0.3) is 10.9 Å². The number of nitrogens with zero attached hydrogens (tertiary/aromatic N) is 2. The third-order valence-corrected chi connectivity index (χ3v) is 2.83. The van der Waals surface area contributed by atoms with Crippen LogP contribution in [0.15, 0.2) is 24.3 Å². The van der Waals surface area contributed by atoms with E-state index in [1.165, 1.54) is 4.90 Å². The number of aryl methyl sites for hydroxylation is 1. The van der Waals surface area contributed by atoms with Gasteiger partial charge in [0.15, 0.2) is 0 Å². The maximum atomic E-state index is 11.8. The van der Waals surface area contributed by atoms with Crippen LogP contribution in [0.2, 0.25) is 0 Å². The monoisotopic (exact) mass is 260 g/mol. The summed E-state index contributed by atoms with van der Waals surface area (Å²) >= 11 is 0. The van der Waals surface area contributed by atoms with E-state index in [1.54, 1.807) is 32.2 Å². The van der Waals surface area contributed by atoms with Crippen molar-refractivity contribution >= 4 is 22.7 Å². The van der Waals surface area contributed by atoms with Crippen molar-refractivity contribution < 1.29 is 14.6 Å². The summed E-state index contributed by atoms with van der Waals surface area (Å²) in [6, 6.07) is 6.89. The molecule has 0 atom stereocenters. The fourth-order valence-electron chi connectivity index (χ4n) is 1.94. The Hall–Kier alpha value is -2.30. The fraction of sp³-hybridized carbons (Fsp3) is 0.286. The van der Waals surface area contributed by atoms with Crippen molar-refractivity contribution in [1.29, 1.82) is 0 Å². The van der Waals surface area contributed by atoms with Gasteiger partial charge in [-0.25, -0.2) is 9.78 Å². The van der Waals surface area contributed by atoms with E-state index in [9.17, 15) is 9.90 Å². The van der Waals surface area contributed by atoms with E-state index in [2.05, 4.69) is 4.98 Å². The number of benzene rings is 1. The van der Waals surface area contributed by atoms with Crippen molar-refractivity contribution in [3.8, 4) is 5.75 Å². The van der Waals surface area contributed by atoms with E-state index in [4.69, 9.17) is 4.74 Å². The van der Waals surface area contributed by atoms with Crippen molar-refractivity contribution in [1.82, 2.24) is 4.98 Å². The number of ether oxygens (including phenoxy) is 1. The molecule has 0 aliphatic heterocycles. The van der Waals surface area contributed by atoms with Crippen LogP contribution in [0.5, 0.6) is 5.75 Å². The Morgan fingerprint density at radius 2 is 2.21 bits per heavy atom. The van der Waals surface area contributed by atoms with Gasteiger partial charge in [0, 0.05) is 18.1 Å². The Morgan fingerprint density at radius 3 is 2.89 bits per heavy atom. The number of para-hydroxylation sites is 1. The van der Waals surface area contributed by atoms with Gasteiger partial charge in [0.1, 0.15) is 11.3 Å². The number of phenols is 1. The number of phenolic OH excluding ortho intramolecular Hbond substituents is 1. The summed E-state index contributed by atoms with van der Waals surface area (Å²) in [5.41, 5.74) is 1.87. The number of pyridine rings is 1. The summed E-state index contributed by atoms with van der Waals surface area (Å²) in [6.07, 6.45) is -0.433. The molecule has 5 nitrogen and oxygen atoms in total. The smallest absolute Gasteiger partial charge is 0.414 e. The third kappa shape index (κ3) is 2.45. The molecule has 1 N–H and O–H groups in total. The highest BCUT2D eigenvalue weighted by Crippen LogP contribution is 2.31. The lowest BCUT2D eigenvalue weighted by molar-refractivity contribution is 0.161. The molecule has 0 aliphatic rings. The number of hydrogen-bond donors (Lipinski definition) is 1. The molecule has 2 aromatic rings. The lowest BCUT2D eigenvalue weighted by Gasteiger charge is -2.19. The van der Waals surface area contributed by atoms with E-state index in [1.807, 2.05) is 13.0 Å². The highest BCUT2D eigenvalue weighted by molar-refractivity contribution is 6.01. The van der Waals surface area contributed by atoms with E-state index in [0.717, 1.165) is 5.69 Å². The molecule has 0 saturated heterocycles. The maximum absolute atomic E-state index is 11.8. The van der Waals surface area contributed by atoms with Gasteiger partial charge in [-0.1, -0.05) is 12.1 Å². The van der Waals surface area contributed by atoms with Gasteiger partial charge in [0.05, 0.1) is 12.3 Å². The number of hydrogen-bond acceptors (Lipinski definition) is 4. The molecule has 1 heterocycles. The van der Waals surface area contributed by atoms with Gasteiger partial charge in [0.25, 0.3) is 0 Å². The molecule has 0 aliphatic carbocycles. The Kier molecular flexibility index (Phi) is 3.55. The van der Waals surface area contributed by atoms with E-state index in [-0.39, 0.29) is 5.75 Å². The molecule has 2 rings (SSSR count). The average molecular weight is 260 g/mol. The Balaban J connectivity index is 2.59. The quantitative estimate of drug-likeness (QED) is 0.901. The molecule has 1 aromatic heterocycles. The number of carbonyl (C=O) groups is 1. The molecule has 0 spiro atoms. The van der Waals surface area contributed by atoms with Crippen LogP contribution in [-0.2, 0) is 4.74 Å². The van der Waals surface area contributed by atoms with Gasteiger partial charge in [-0.3, -0.25) is 4.90 Å². The molecule has 5 heteroatoms. The number of amides is 1. The van der Waals surface area contributed by atoms with E-state index >= 15 is 0 Å². The van der Waals surface area contributed by atoms with Crippen LogP contribution in [0.1, 0.15) is 12.6 Å². The van der Waals surface area contributed by atoms with Crippen LogP contribution in [0.3, 0.4) is 0 Å². The number of rotatable bonds is 2. The SMILES string of the molecule is CCOC(=O)N(C)c1cc(C)nc2c(O)cccc12. The lowest BCUT2D eigenvalue weighted by Crippen LogP contribution is -2.27. The fourth-order valence-corrected chi connectivity index (χ4v) is 1.94. The summed E-state index contributed by atoms with van der Waals surface area (Å²) in [5.74, 6) is 0.0970. The molecule has 0 radical (unpaired) electrons. The van der Waals surface area contributed by atoms with Crippen LogP contribution in [0.4, 0.5) is 10.5 Å². The number of fused-ring (bicyclic) bond motifs is 1. The van der Waals surface area contributed by atoms with Crippen molar-refractivity contribution in [2.45, 2.75) is 13.8 Å². The van der Waals surface area contributed by atoms with Gasteiger partial charge < -0.3 is 9.84 Å². The van der Waals surface area contributed by atoms with Crippen LogP contribution >= 0.6 is 0 Å². The van der Waals surface area contributed by atoms with Crippen LogP contribution in [-0.4, -0.2) is 29.8 Å². The molecule has 0 unspecified atom stereocenters. The molecule has 0 bridgehead atoms. The first-order chi connectivity index (χ1) is 9.04. The van der Waals surface area contributed by atoms with Crippen molar-refractivity contribution in [2.75, 3.05) is 18.6 Å². The summed E-state index contributed by atoms with van der Waals surface area (Å²) in [7, 11) is 1.64. The second kappa shape index (κ2) is 5.14. The molecule has 0 saturated carbocycles. The topological polar surface area (TPSA) is 62.7 Å². The zero-order valence-electron chi connectivity index (χ0n) is 11.2. The summed E-state index contributed by atoms with van der Waals surface area (Å²) in [6.45, 7) is 3.89. The molecule has 100 valence electrons. The second-order valence-corrected chi connectivity index (χ2v) is 4.21. The normalized spacial score (nSPS) is 10.5. The van der Waals surface area contributed by atoms with Crippen LogP contribution in [0, 0.1) is 6.92 Å². The number of carbonyl (C=O) groups excluding carboxylic acids is 1. The Labute approximate surface area is 111 Å². The average Bonchev–Trinajstić information content (AvgIpc) is 2.38. The minimum atomic E-state index is -0.433. The highest BCUT2D eigenvalue weighted by Gasteiger charge is 2.16. The van der Waals surface area contributed by atoms with Crippen molar-refractivity contribution in [3.63, 3.8) is 0 Å². The zero-order chi connectivity index (χ0) is 14.0. The highest BCUT2D eigenvalue weighted by atomic mass is 16.6. The van der Waals surface area contributed by atoms with E-state index < -0.39 is 6.09 Å². The number of aromatic hydroxyl groups is 1. The molecular formula is C14H16N2O3. The van der Waals surface area contributed by atoms with Gasteiger partial charge >= 0.3 is 6.09 Å². The summed E-state index contributed by atoms with van der Waals surface area (Å²) < 4.78 is 4.98. The molecule has 1 amide bonds. The minimum Gasteiger partial charge on any atom is -0.506 e. The molecule has 19 heavy (non-hydrogen) atoms. The van der Waals surface area contributed by atoms with Gasteiger partial charge in [-0.2, -0.15) is 0 Å². The molecular weight excluding hydrogens is 244 g/mol. The van der Waals surface area contributed by atoms with Gasteiger partial charge in [0.2, 0.25) is 0 Å². The zero-order valence-corrected chi connectivity index (χ0v) is 11.2. The maximum Gasteiger partial charge on any atom is 0.414 e. The van der Waals surface area contributed by atoms with Gasteiger partial charge in [-0.15, -0.1) is 0 Å². The standard InChI is InChI=1S/C14H16N2O3/c1-4-19-14(18)16(3)11-8-9(2)15-13-10(11)6-5-7-12(13)17/h5-8,17H,4H2,1-3H3. The second-order valence-electron chi connectivity index (χ2n) is 4.21. The minimum absolute atomic E-state index is 0.0970. The third-order valence-electron chi connectivity index (χ3n) is 2.83. The predicted molar refractivity (Wildman–Crippen MR) is 73.6 cm³/mol. The first-order valence-electron chi connectivity index (χ1n) is 6.04. The number of anilines is 1. The predicted octanol–water partition coefficient (Wildman–Crippen LogP) is 2.84. The van der Waals surface area contributed by atoms with Crippen molar-refractivity contribution in [2.24, 2.45) is 0 Å².